The second-order valence-electron chi connectivity index (χ2n) is 5.11. The van der Waals surface area contributed by atoms with Crippen LogP contribution >= 0.6 is 24.8 Å². The van der Waals surface area contributed by atoms with Gasteiger partial charge in [-0.15, -0.1) is 24.8 Å². The van der Waals surface area contributed by atoms with Gasteiger partial charge >= 0.3 is 0 Å². The molecule has 0 aromatic heterocycles. The number of anilines is 1. The average Bonchev–Trinajstić information content (AvgIpc) is 2.46. The summed E-state index contributed by atoms with van der Waals surface area (Å²) in [6.45, 7) is 5.29. The van der Waals surface area contributed by atoms with E-state index < -0.39 is 6.04 Å². The quantitative estimate of drug-likeness (QED) is 0.861. The fourth-order valence-electron chi connectivity index (χ4n) is 2.51. The molecule has 1 unspecified atom stereocenters. The normalized spacial score (nSPS) is 19.1. The van der Waals surface area contributed by atoms with Gasteiger partial charge in [0, 0.05) is 31.9 Å². The van der Waals surface area contributed by atoms with E-state index in [-0.39, 0.29) is 36.8 Å². The molecule has 20 heavy (non-hydrogen) atoms. The lowest BCUT2D eigenvalue weighted by Crippen LogP contribution is -2.48. The van der Waals surface area contributed by atoms with Crippen LogP contribution in [0.25, 0.3) is 0 Å². The van der Waals surface area contributed by atoms with Crippen LogP contribution in [0.2, 0.25) is 0 Å². The van der Waals surface area contributed by atoms with E-state index in [2.05, 4.69) is 31.0 Å². The first-order valence-electron chi connectivity index (χ1n) is 6.36. The molecule has 1 aromatic carbocycles. The van der Waals surface area contributed by atoms with Gasteiger partial charge in [-0.05, 0) is 25.5 Å². The van der Waals surface area contributed by atoms with E-state index in [1.807, 2.05) is 17.0 Å². The zero-order valence-corrected chi connectivity index (χ0v) is 13.7. The summed E-state index contributed by atoms with van der Waals surface area (Å²) in [5.74, 6) is 0.0209. The van der Waals surface area contributed by atoms with E-state index in [9.17, 15) is 4.79 Å². The maximum atomic E-state index is 12.2. The van der Waals surface area contributed by atoms with Crippen molar-refractivity contribution in [3.05, 3.63) is 29.8 Å². The highest BCUT2D eigenvalue weighted by Gasteiger charge is 2.28. The van der Waals surface area contributed by atoms with Crippen molar-refractivity contribution in [2.75, 3.05) is 18.5 Å². The van der Waals surface area contributed by atoms with Crippen LogP contribution in [-0.4, -0.2) is 36.5 Å². The number of fused-ring (bicyclic) bond motifs is 1. The first-order valence-corrected chi connectivity index (χ1v) is 6.36. The first kappa shape index (κ1) is 19.0. The number of nitrogens with two attached hydrogens (primary N) is 1. The van der Waals surface area contributed by atoms with Crippen molar-refractivity contribution in [3.63, 3.8) is 0 Å². The molecular weight excluding hydrogens is 297 g/mol. The molecule has 0 spiro atoms. The van der Waals surface area contributed by atoms with Gasteiger partial charge < -0.3 is 15.5 Å². The number of amides is 1. The van der Waals surface area contributed by atoms with Crippen molar-refractivity contribution in [2.24, 2.45) is 5.73 Å². The van der Waals surface area contributed by atoms with E-state index in [4.69, 9.17) is 5.73 Å². The van der Waals surface area contributed by atoms with Crippen LogP contribution in [0.3, 0.4) is 0 Å². The molecule has 114 valence electrons. The standard InChI is InChI=1S/C14H21N3O.2ClH/c1-10-8-16(3)13-7-5-4-6-12(13)9-17(10)14(18)11(2)15;;/h4-7,10-11H,8-9,15H2,1-3H3;2*1H/t10?,11-;;/m1../s1. The molecule has 4 nitrogen and oxygen atoms in total. The lowest BCUT2D eigenvalue weighted by atomic mass is 10.1. The second kappa shape index (κ2) is 7.72. The van der Waals surface area contributed by atoms with E-state index in [0.29, 0.717) is 6.54 Å². The number of carbonyl (C=O) groups excluding carboxylic acids is 1. The van der Waals surface area contributed by atoms with Gasteiger partial charge in [0.1, 0.15) is 0 Å². The van der Waals surface area contributed by atoms with Crippen LogP contribution in [0.15, 0.2) is 24.3 Å². The van der Waals surface area contributed by atoms with Crippen molar-refractivity contribution in [1.82, 2.24) is 4.90 Å². The molecule has 0 saturated carbocycles. The molecule has 0 radical (unpaired) electrons. The zero-order valence-electron chi connectivity index (χ0n) is 12.1. The molecule has 0 fully saturated rings. The Morgan fingerprint density at radius 2 is 1.95 bits per heavy atom. The molecule has 0 aliphatic carbocycles. The highest BCUT2D eigenvalue weighted by Crippen LogP contribution is 2.26. The highest BCUT2D eigenvalue weighted by atomic mass is 35.5. The summed E-state index contributed by atoms with van der Waals surface area (Å²) in [6, 6.07) is 7.94. The summed E-state index contributed by atoms with van der Waals surface area (Å²) in [6.07, 6.45) is 0. The minimum absolute atomic E-state index is 0. The van der Waals surface area contributed by atoms with E-state index in [0.717, 1.165) is 6.54 Å². The third-order valence-electron chi connectivity index (χ3n) is 3.49. The van der Waals surface area contributed by atoms with Crippen molar-refractivity contribution in [2.45, 2.75) is 32.5 Å². The fourth-order valence-corrected chi connectivity index (χ4v) is 2.51. The zero-order chi connectivity index (χ0) is 13.3. The van der Waals surface area contributed by atoms with Crippen LogP contribution in [0.5, 0.6) is 0 Å². The van der Waals surface area contributed by atoms with Crippen molar-refractivity contribution >= 4 is 36.4 Å². The number of para-hydroxylation sites is 1. The highest BCUT2D eigenvalue weighted by molar-refractivity contribution is 5.85. The molecule has 2 N–H and O–H groups in total. The number of nitrogens with zero attached hydrogens (tertiary/aromatic N) is 2. The molecule has 2 rings (SSSR count). The number of benzene rings is 1. The molecule has 1 aliphatic heterocycles. The number of rotatable bonds is 1. The molecule has 1 heterocycles. The summed E-state index contributed by atoms with van der Waals surface area (Å²) < 4.78 is 0. The number of hydrogen-bond acceptors (Lipinski definition) is 3. The van der Waals surface area contributed by atoms with E-state index in [1.165, 1.54) is 11.3 Å². The third kappa shape index (κ3) is 3.78. The molecule has 6 heteroatoms. The Balaban J connectivity index is 0.00000180. The Morgan fingerprint density at radius 1 is 1.35 bits per heavy atom. The van der Waals surface area contributed by atoms with Crippen molar-refractivity contribution < 1.29 is 4.79 Å². The molecule has 2 atom stereocenters. The summed E-state index contributed by atoms with van der Waals surface area (Å²) >= 11 is 0. The number of carbonyl (C=O) groups is 1. The monoisotopic (exact) mass is 319 g/mol. The maximum absolute atomic E-state index is 12.2. The summed E-state index contributed by atoms with van der Waals surface area (Å²) in [5.41, 5.74) is 8.11. The summed E-state index contributed by atoms with van der Waals surface area (Å²) in [4.78, 5) is 16.2. The van der Waals surface area contributed by atoms with Gasteiger partial charge in [0.15, 0.2) is 0 Å². The van der Waals surface area contributed by atoms with E-state index in [1.54, 1.807) is 6.92 Å². The predicted octanol–water partition coefficient (Wildman–Crippen LogP) is 2.04. The van der Waals surface area contributed by atoms with Crippen molar-refractivity contribution in [3.8, 4) is 0 Å². The van der Waals surface area contributed by atoms with E-state index >= 15 is 0 Å². The minimum atomic E-state index is -0.442. The molecule has 1 aliphatic rings. The van der Waals surface area contributed by atoms with Gasteiger partial charge in [-0.3, -0.25) is 4.79 Å². The van der Waals surface area contributed by atoms with Gasteiger partial charge in [-0.1, -0.05) is 18.2 Å². The van der Waals surface area contributed by atoms with Crippen LogP contribution < -0.4 is 10.6 Å². The second-order valence-corrected chi connectivity index (χ2v) is 5.11. The lowest BCUT2D eigenvalue weighted by Gasteiger charge is -2.29. The average molecular weight is 320 g/mol. The molecule has 0 saturated heterocycles. The van der Waals surface area contributed by atoms with Crippen LogP contribution in [0.4, 0.5) is 5.69 Å². The summed E-state index contributed by atoms with van der Waals surface area (Å²) in [7, 11) is 2.06. The number of hydrogen-bond donors (Lipinski definition) is 1. The Morgan fingerprint density at radius 3 is 2.55 bits per heavy atom. The lowest BCUT2D eigenvalue weighted by molar-refractivity contribution is -0.134. The topological polar surface area (TPSA) is 49.6 Å². The van der Waals surface area contributed by atoms with Crippen molar-refractivity contribution in [1.29, 1.82) is 0 Å². The largest absolute Gasteiger partial charge is 0.372 e. The van der Waals surface area contributed by atoms with Gasteiger partial charge in [-0.25, -0.2) is 0 Å². The number of halogens is 2. The van der Waals surface area contributed by atoms with Crippen LogP contribution in [-0.2, 0) is 11.3 Å². The van der Waals surface area contributed by atoms with Gasteiger partial charge in [0.25, 0.3) is 0 Å². The molecular formula is C14H23Cl2N3O. The molecule has 0 bridgehead atoms. The smallest absolute Gasteiger partial charge is 0.239 e. The summed E-state index contributed by atoms with van der Waals surface area (Å²) in [5, 5.41) is 0. The predicted molar refractivity (Wildman–Crippen MR) is 87.9 cm³/mol. The maximum Gasteiger partial charge on any atom is 0.239 e. The van der Waals surface area contributed by atoms with Crippen LogP contribution in [0.1, 0.15) is 19.4 Å². The first-order chi connectivity index (χ1) is 8.50. The molecule has 1 amide bonds. The van der Waals surface area contributed by atoms with Gasteiger partial charge in [-0.2, -0.15) is 0 Å². The Kier molecular flexibility index (Phi) is 7.34. The SMILES string of the molecule is CC1CN(C)c2ccccc2CN1C(=O)[C@@H](C)N.Cl.Cl. The Hall–Kier alpha value is -0.970. The Labute approximate surface area is 133 Å². The minimum Gasteiger partial charge on any atom is -0.372 e. The van der Waals surface area contributed by atoms with Gasteiger partial charge in [0.05, 0.1) is 6.04 Å². The molecule has 1 aromatic rings. The van der Waals surface area contributed by atoms with Crippen LogP contribution in [0, 0.1) is 0 Å². The van der Waals surface area contributed by atoms with Gasteiger partial charge in [0.2, 0.25) is 5.91 Å². The number of likely N-dealkylation sites (N-methyl/N-ethyl adjacent to an activating group) is 1. The third-order valence-corrected chi connectivity index (χ3v) is 3.49. The Bertz CT molecular complexity index is 454. The fraction of sp³-hybridized carbons (Fsp3) is 0.500.